The highest BCUT2D eigenvalue weighted by Gasteiger charge is 2.24. The van der Waals surface area contributed by atoms with E-state index in [-0.39, 0.29) is 0 Å². The maximum atomic E-state index is 2.36. The molecule has 0 saturated carbocycles. The van der Waals surface area contributed by atoms with Crippen LogP contribution in [-0.4, -0.2) is 0 Å². The molecule has 4 aromatic rings. The van der Waals surface area contributed by atoms with Crippen LogP contribution in [0.15, 0.2) is 78.9 Å². The molecule has 0 unspecified atom stereocenters. The molecule has 0 aliphatic heterocycles. The Bertz CT molecular complexity index is 986. The van der Waals surface area contributed by atoms with Gasteiger partial charge in [-0.2, -0.15) is 0 Å². The van der Waals surface area contributed by atoms with Crippen LogP contribution < -0.4 is 0 Å². The molecule has 0 nitrogen and oxygen atoms in total. The van der Waals surface area contributed by atoms with Crippen molar-refractivity contribution in [3.8, 4) is 0 Å². The first kappa shape index (κ1) is 13.8. The van der Waals surface area contributed by atoms with E-state index in [4.69, 9.17) is 0 Å². The summed E-state index contributed by atoms with van der Waals surface area (Å²) in [7, 11) is 0. The van der Waals surface area contributed by atoms with Gasteiger partial charge < -0.3 is 0 Å². The Morgan fingerprint density at radius 3 is 1.88 bits per heavy atom. The minimum atomic E-state index is 0.296. The zero-order valence-corrected chi connectivity index (χ0v) is 14.0. The van der Waals surface area contributed by atoms with Crippen LogP contribution in [0.1, 0.15) is 33.0 Å². The molecule has 0 radical (unpaired) electrons. The summed E-state index contributed by atoms with van der Waals surface area (Å²) in [6, 6.07) is 28.6. The van der Waals surface area contributed by atoms with Crippen LogP contribution in [0.3, 0.4) is 0 Å². The Morgan fingerprint density at radius 2 is 1.21 bits per heavy atom. The highest BCUT2D eigenvalue weighted by molar-refractivity contribution is 7.19. The van der Waals surface area contributed by atoms with Gasteiger partial charge in [-0.1, -0.05) is 78.9 Å². The van der Waals surface area contributed by atoms with Crippen LogP contribution in [0.25, 0.3) is 22.2 Å². The summed E-state index contributed by atoms with van der Waals surface area (Å²) < 4.78 is 1.36. The fourth-order valence-corrected chi connectivity index (χ4v) is 4.85. The van der Waals surface area contributed by atoms with E-state index in [0.29, 0.717) is 5.92 Å². The Balaban J connectivity index is 1.81. The lowest BCUT2D eigenvalue weighted by Gasteiger charge is -2.19. The Hall–Kier alpha value is -2.64. The molecule has 1 heteroatoms. The molecule has 1 heterocycles. The Labute approximate surface area is 145 Å². The largest absolute Gasteiger partial charge is 0.139 e. The SMILES string of the molecule is C1=Cc2ccccc2C(c2cc3ccccc3s2)c2ccccc21. The van der Waals surface area contributed by atoms with E-state index in [1.54, 1.807) is 0 Å². The molecule has 0 N–H and O–H groups in total. The summed E-state index contributed by atoms with van der Waals surface area (Å²) in [4.78, 5) is 1.42. The highest BCUT2D eigenvalue weighted by atomic mass is 32.1. The molecule has 5 rings (SSSR count). The van der Waals surface area contributed by atoms with Crippen molar-refractivity contribution in [2.75, 3.05) is 0 Å². The average molecular weight is 324 g/mol. The van der Waals surface area contributed by atoms with Crippen LogP contribution in [-0.2, 0) is 0 Å². The number of hydrogen-bond donors (Lipinski definition) is 0. The third-order valence-electron chi connectivity index (χ3n) is 4.79. The van der Waals surface area contributed by atoms with Crippen LogP contribution in [0.5, 0.6) is 0 Å². The molecule has 0 fully saturated rings. The van der Waals surface area contributed by atoms with Gasteiger partial charge in [0.2, 0.25) is 0 Å². The summed E-state index contributed by atoms with van der Waals surface area (Å²) in [5.74, 6) is 0.296. The van der Waals surface area contributed by atoms with E-state index < -0.39 is 0 Å². The van der Waals surface area contributed by atoms with E-state index in [2.05, 4.69) is 91.0 Å². The Morgan fingerprint density at radius 1 is 0.625 bits per heavy atom. The van der Waals surface area contributed by atoms with E-state index in [1.807, 2.05) is 11.3 Å². The minimum absolute atomic E-state index is 0.296. The van der Waals surface area contributed by atoms with Crippen LogP contribution in [0.2, 0.25) is 0 Å². The summed E-state index contributed by atoms with van der Waals surface area (Å²) in [5, 5.41) is 1.34. The van der Waals surface area contributed by atoms with Crippen LogP contribution in [0, 0.1) is 0 Å². The Kier molecular flexibility index (Phi) is 3.14. The average Bonchev–Trinajstić information content (AvgIpc) is 2.98. The van der Waals surface area contributed by atoms with Gasteiger partial charge in [0.1, 0.15) is 0 Å². The van der Waals surface area contributed by atoms with E-state index in [1.165, 1.54) is 37.2 Å². The molecule has 1 aliphatic rings. The van der Waals surface area contributed by atoms with Gasteiger partial charge >= 0.3 is 0 Å². The molecule has 0 atom stereocenters. The predicted molar refractivity (Wildman–Crippen MR) is 105 cm³/mol. The fraction of sp³-hybridized carbons (Fsp3) is 0.0435. The molecule has 0 amide bonds. The number of thiophene rings is 1. The van der Waals surface area contributed by atoms with Crippen molar-refractivity contribution < 1.29 is 0 Å². The summed E-state index contributed by atoms with van der Waals surface area (Å²) >= 11 is 1.91. The first-order valence-electron chi connectivity index (χ1n) is 8.24. The van der Waals surface area contributed by atoms with Crippen molar-refractivity contribution in [1.29, 1.82) is 0 Å². The summed E-state index contributed by atoms with van der Waals surface area (Å²) in [5.41, 5.74) is 5.42. The second-order valence-electron chi connectivity index (χ2n) is 6.21. The smallest absolute Gasteiger partial charge is 0.0446 e. The molecular formula is C23H16S. The second kappa shape index (κ2) is 5.47. The molecular weight excluding hydrogens is 308 g/mol. The molecule has 0 spiro atoms. The topological polar surface area (TPSA) is 0 Å². The van der Waals surface area contributed by atoms with Gasteiger partial charge in [-0.25, -0.2) is 0 Å². The van der Waals surface area contributed by atoms with Gasteiger partial charge in [-0.05, 0) is 39.8 Å². The van der Waals surface area contributed by atoms with E-state index >= 15 is 0 Å². The van der Waals surface area contributed by atoms with E-state index in [0.717, 1.165) is 0 Å². The van der Waals surface area contributed by atoms with Crippen LogP contribution >= 0.6 is 11.3 Å². The van der Waals surface area contributed by atoms with Crippen molar-refractivity contribution in [3.05, 3.63) is 106 Å². The molecule has 24 heavy (non-hydrogen) atoms. The van der Waals surface area contributed by atoms with Gasteiger partial charge in [0, 0.05) is 15.5 Å². The van der Waals surface area contributed by atoms with E-state index in [9.17, 15) is 0 Å². The lowest BCUT2D eigenvalue weighted by atomic mass is 9.86. The third kappa shape index (κ3) is 2.13. The van der Waals surface area contributed by atoms with Crippen molar-refractivity contribution >= 4 is 33.6 Å². The van der Waals surface area contributed by atoms with Crippen molar-refractivity contribution in [1.82, 2.24) is 0 Å². The normalized spacial score (nSPS) is 13.5. The van der Waals surface area contributed by atoms with Gasteiger partial charge in [0.15, 0.2) is 0 Å². The quantitative estimate of drug-likeness (QED) is 0.327. The van der Waals surface area contributed by atoms with Gasteiger partial charge in [-0.3, -0.25) is 0 Å². The fourth-order valence-electron chi connectivity index (χ4n) is 3.65. The summed E-state index contributed by atoms with van der Waals surface area (Å²) in [6.45, 7) is 0. The molecule has 3 aromatic carbocycles. The lowest BCUT2D eigenvalue weighted by Crippen LogP contribution is -2.03. The number of fused-ring (bicyclic) bond motifs is 3. The standard InChI is InChI=1S/C23H16S/c1-4-10-19-16(7-1)13-14-17-8-2-5-11-20(17)23(19)22-15-18-9-3-6-12-21(18)24-22/h1-15,23H. The summed E-state index contributed by atoms with van der Waals surface area (Å²) in [6.07, 6.45) is 4.50. The maximum Gasteiger partial charge on any atom is 0.0446 e. The zero-order chi connectivity index (χ0) is 15.9. The number of rotatable bonds is 1. The van der Waals surface area contributed by atoms with Crippen LogP contribution in [0.4, 0.5) is 0 Å². The van der Waals surface area contributed by atoms with Gasteiger partial charge in [0.25, 0.3) is 0 Å². The molecule has 0 bridgehead atoms. The lowest BCUT2D eigenvalue weighted by molar-refractivity contribution is 1.00. The highest BCUT2D eigenvalue weighted by Crippen LogP contribution is 2.43. The van der Waals surface area contributed by atoms with Crippen molar-refractivity contribution in [2.45, 2.75) is 5.92 Å². The first-order valence-corrected chi connectivity index (χ1v) is 9.06. The van der Waals surface area contributed by atoms with Gasteiger partial charge in [-0.15, -0.1) is 11.3 Å². The molecule has 0 saturated heterocycles. The van der Waals surface area contributed by atoms with Crippen molar-refractivity contribution in [2.24, 2.45) is 0 Å². The van der Waals surface area contributed by atoms with Crippen molar-refractivity contribution in [3.63, 3.8) is 0 Å². The second-order valence-corrected chi connectivity index (χ2v) is 7.33. The minimum Gasteiger partial charge on any atom is -0.139 e. The first-order chi connectivity index (χ1) is 11.9. The predicted octanol–water partition coefficient (Wildman–Crippen LogP) is 6.57. The monoisotopic (exact) mass is 324 g/mol. The molecule has 1 aliphatic carbocycles. The molecule has 1 aromatic heterocycles. The number of benzene rings is 3. The number of hydrogen-bond acceptors (Lipinski definition) is 1. The molecule has 114 valence electrons. The van der Waals surface area contributed by atoms with Gasteiger partial charge in [0.05, 0.1) is 0 Å². The third-order valence-corrected chi connectivity index (χ3v) is 5.97. The maximum absolute atomic E-state index is 2.36. The zero-order valence-electron chi connectivity index (χ0n) is 13.1.